The van der Waals surface area contributed by atoms with Crippen LogP contribution in [0.25, 0.3) is 249 Å². The molecule has 7 aromatic heterocycles. The maximum atomic E-state index is 5.14. The Labute approximate surface area is 867 Å². The highest BCUT2D eigenvalue weighted by atomic mass is 15.0. The summed E-state index contributed by atoms with van der Waals surface area (Å²) in [6.45, 7) is 0. The van der Waals surface area contributed by atoms with Gasteiger partial charge in [-0.3, -0.25) is 9.97 Å². The largest absolute Gasteiger partial charge is 0.309 e. The highest BCUT2D eigenvalue weighted by Crippen LogP contribution is 2.63. The second kappa shape index (κ2) is 35.9. The Morgan fingerprint density at radius 2 is 0.393 bits per heavy atom. The molecule has 0 amide bonds. The van der Waals surface area contributed by atoms with Crippen LogP contribution in [0.4, 0.5) is 0 Å². The number of pyridine rings is 2. The number of benzene rings is 22. The van der Waals surface area contributed by atoms with Gasteiger partial charge in [-0.05, 0) is 280 Å². The first kappa shape index (κ1) is 86.8. The summed E-state index contributed by atoms with van der Waals surface area (Å²) in [7, 11) is 0. The van der Waals surface area contributed by atoms with Crippen LogP contribution in [-0.4, -0.2) is 32.8 Å². The molecule has 22 aromatic carbocycles. The van der Waals surface area contributed by atoms with Crippen LogP contribution in [0.1, 0.15) is 22.3 Å². The Kier molecular flexibility index (Phi) is 20.8. The summed E-state index contributed by atoms with van der Waals surface area (Å²) in [4.78, 5) is 9.68. The van der Waals surface area contributed by atoms with E-state index in [4.69, 9.17) is 4.98 Å². The van der Waals surface area contributed by atoms with Crippen LogP contribution < -0.4 is 0 Å². The van der Waals surface area contributed by atoms with Crippen LogP contribution in [0.2, 0.25) is 0 Å². The van der Waals surface area contributed by atoms with Gasteiger partial charge in [0.05, 0.1) is 78.7 Å². The van der Waals surface area contributed by atoms with Gasteiger partial charge in [-0.25, -0.2) is 0 Å². The predicted octanol–water partition coefficient (Wildman–Crippen LogP) is 37.0. The smallest absolute Gasteiger partial charge is 0.0725 e. The normalized spacial score (nSPS) is 12.2. The molecule has 700 valence electrons. The molecule has 0 N–H and O–H groups in total. The second-order valence-corrected chi connectivity index (χ2v) is 39.4. The van der Waals surface area contributed by atoms with Crippen molar-refractivity contribution in [3.8, 4) is 140 Å². The van der Waals surface area contributed by atoms with E-state index in [1.54, 1.807) is 0 Å². The van der Waals surface area contributed by atoms with Gasteiger partial charge >= 0.3 is 0 Å². The first-order chi connectivity index (χ1) is 74.4. The second-order valence-electron chi connectivity index (χ2n) is 39.4. The van der Waals surface area contributed by atoms with Gasteiger partial charge < -0.3 is 22.8 Å². The molecule has 1 spiro atoms. The molecule has 0 bridgehead atoms. The lowest BCUT2D eigenvalue weighted by Crippen LogP contribution is -2.25. The third-order valence-electron chi connectivity index (χ3n) is 31.2. The molecule has 7 heteroatoms. The molecule has 7 heterocycles. The van der Waals surface area contributed by atoms with Crippen molar-refractivity contribution < 1.29 is 0 Å². The predicted molar refractivity (Wildman–Crippen MR) is 626 cm³/mol. The number of aromatic nitrogens is 7. The van der Waals surface area contributed by atoms with Crippen molar-refractivity contribution in [2.45, 2.75) is 5.41 Å². The van der Waals surface area contributed by atoms with E-state index in [9.17, 15) is 0 Å². The fourth-order valence-electron chi connectivity index (χ4n) is 24.4. The number of hydrogen-bond donors (Lipinski definition) is 0. The minimum atomic E-state index is -0.344. The topological polar surface area (TPSA) is 50.4 Å². The molecule has 29 aromatic rings. The van der Waals surface area contributed by atoms with Gasteiger partial charge in [0.1, 0.15) is 0 Å². The van der Waals surface area contributed by atoms with Gasteiger partial charge in [-0.1, -0.05) is 388 Å². The van der Waals surface area contributed by atoms with Crippen LogP contribution in [0.5, 0.6) is 0 Å². The number of para-hydroxylation sites is 6. The number of fused-ring (bicyclic) bond motifs is 25. The zero-order valence-corrected chi connectivity index (χ0v) is 81.8. The van der Waals surface area contributed by atoms with Crippen molar-refractivity contribution in [3.05, 3.63) is 587 Å². The summed E-state index contributed by atoms with van der Waals surface area (Å²) in [5.41, 5.74) is 46.9. The van der Waals surface area contributed by atoms with Gasteiger partial charge in [0.15, 0.2) is 0 Å². The maximum absolute atomic E-state index is 5.14. The first-order valence-electron chi connectivity index (χ1n) is 51.5. The van der Waals surface area contributed by atoms with Crippen molar-refractivity contribution in [3.63, 3.8) is 0 Å². The van der Waals surface area contributed by atoms with E-state index in [1.165, 1.54) is 221 Å². The van der Waals surface area contributed by atoms with Crippen molar-refractivity contribution in [2.24, 2.45) is 0 Å². The molecule has 31 rings (SSSR count). The molecule has 7 nitrogen and oxygen atoms in total. The number of nitrogens with zero attached hydrogens (tertiary/aromatic N) is 7. The third kappa shape index (κ3) is 14.3. The van der Waals surface area contributed by atoms with Gasteiger partial charge in [-0.2, -0.15) is 0 Å². The van der Waals surface area contributed by atoms with E-state index in [2.05, 4.69) is 574 Å². The van der Waals surface area contributed by atoms with Crippen LogP contribution >= 0.6 is 0 Å². The van der Waals surface area contributed by atoms with Crippen LogP contribution in [0.3, 0.4) is 0 Å². The van der Waals surface area contributed by atoms with Crippen molar-refractivity contribution >= 4 is 109 Å². The summed E-state index contributed by atoms with van der Waals surface area (Å²) in [5.74, 6) is 0. The van der Waals surface area contributed by atoms with E-state index < -0.39 is 0 Å². The zero-order valence-electron chi connectivity index (χ0n) is 81.8. The standard InChI is InChI=1S/C54H36N2.C47H29N3.C42H28N2/c1-3-14-37(15-4-1)41-20-12-22-45(33-41)55-51-26-9-7-24-47(51)49-35-43(28-30-53(49)55)39-18-11-19-40(32-39)44-29-31-54-50(36-44)48-25-8-10-27-52(48)56(54)46-23-13-21-42(34-46)38-16-5-2-6-17-38;1-2-11-30(12-3-1)31-13-10-14-33(25-31)50-45-28-48-24-23-37(45)39-27-44(49-29-46(39)50)32-21-22-43-38(26-32)36-17-6-9-20-42(36)47(43)40-18-7-4-15-34(40)35-16-5-8-19-41(35)47;1-3-11-33(12-4-1)43-39-17-9-7-15-35(39)37-27-31(23-25-41(37)43)29-19-21-30(22-20-29)32-24-26-42-38(28-32)36-16-8-10-18-40(36)44(42)34-13-5-2-6-14-34/h1-36H;1-29H;1-28H. The molecule has 0 unspecified atom stereocenters. The monoisotopic (exact) mass is 1910 g/mol. The van der Waals surface area contributed by atoms with E-state index in [1.807, 2.05) is 18.6 Å². The molecular formula is C143H93N7. The molecule has 0 saturated heterocycles. The molecule has 2 aliphatic carbocycles. The summed E-state index contributed by atoms with van der Waals surface area (Å²) in [6, 6.07) is 198. The van der Waals surface area contributed by atoms with Gasteiger partial charge in [0, 0.05) is 94.1 Å². The average Bonchev–Trinajstić information content (AvgIpc) is 1.50. The lowest BCUT2D eigenvalue weighted by molar-refractivity contribution is 0.794. The Morgan fingerprint density at radius 3 is 0.793 bits per heavy atom. The average molecular weight is 1910 g/mol. The summed E-state index contributed by atoms with van der Waals surface area (Å²) < 4.78 is 11.8. The third-order valence-corrected chi connectivity index (χ3v) is 31.2. The summed E-state index contributed by atoms with van der Waals surface area (Å²) in [5, 5.41) is 12.4. The summed E-state index contributed by atoms with van der Waals surface area (Å²) >= 11 is 0. The van der Waals surface area contributed by atoms with Crippen LogP contribution in [0, 0.1) is 0 Å². The Bertz CT molecular complexity index is 9960. The van der Waals surface area contributed by atoms with Crippen molar-refractivity contribution in [2.75, 3.05) is 0 Å². The molecular weight excluding hydrogens is 1820 g/mol. The van der Waals surface area contributed by atoms with E-state index in [-0.39, 0.29) is 5.41 Å². The SMILES string of the molecule is c1ccc(-c2cccc(-n3c4ccccc4c4cc(-c5cccc(-c6ccc7c(c6)c6ccccc6n7-c6cccc(-c7ccccc7)c6)c5)ccc43)c2)cc1.c1ccc(-c2cccc(-n3c4cnccc4c4cc(-c5ccc6c(c5)-c5ccccc5C65c6ccccc6-c6ccccc65)ncc43)c2)cc1.c1ccc(-n2c3ccccc3c3cc(-c4ccc(-c5ccc6c(c5)c5ccccc5n6-c5ccccc5)cc4)ccc32)cc1. The van der Waals surface area contributed by atoms with Gasteiger partial charge in [0.2, 0.25) is 0 Å². The molecule has 0 aliphatic heterocycles. The molecule has 0 atom stereocenters. The highest BCUT2D eigenvalue weighted by Gasteiger charge is 2.51. The maximum Gasteiger partial charge on any atom is 0.0725 e. The minimum Gasteiger partial charge on any atom is -0.309 e. The summed E-state index contributed by atoms with van der Waals surface area (Å²) in [6.07, 6.45) is 5.88. The lowest BCUT2D eigenvalue weighted by atomic mass is 9.70. The van der Waals surface area contributed by atoms with Crippen LogP contribution in [-0.2, 0) is 5.41 Å². The van der Waals surface area contributed by atoms with E-state index in [0.717, 1.165) is 50.1 Å². The Balaban J connectivity index is 0.000000106. The van der Waals surface area contributed by atoms with E-state index >= 15 is 0 Å². The number of hydrogen-bond acceptors (Lipinski definition) is 2. The fraction of sp³-hybridized carbons (Fsp3) is 0.00699. The van der Waals surface area contributed by atoms with Crippen molar-refractivity contribution in [1.29, 1.82) is 0 Å². The minimum absolute atomic E-state index is 0.344. The molecule has 0 fully saturated rings. The van der Waals surface area contributed by atoms with E-state index in [0.29, 0.717) is 0 Å². The van der Waals surface area contributed by atoms with Crippen LogP contribution in [0.15, 0.2) is 565 Å². The Morgan fingerprint density at radius 1 is 0.140 bits per heavy atom. The lowest BCUT2D eigenvalue weighted by Gasteiger charge is -2.30. The van der Waals surface area contributed by atoms with Crippen molar-refractivity contribution in [1.82, 2.24) is 32.8 Å². The number of rotatable bonds is 13. The zero-order chi connectivity index (χ0) is 98.9. The molecule has 0 saturated carbocycles. The van der Waals surface area contributed by atoms with Gasteiger partial charge in [-0.15, -0.1) is 0 Å². The molecule has 150 heavy (non-hydrogen) atoms. The highest BCUT2D eigenvalue weighted by molar-refractivity contribution is 6.16. The Hall–Kier alpha value is -19.9. The fourth-order valence-corrected chi connectivity index (χ4v) is 24.4. The molecule has 2 aliphatic rings. The first-order valence-corrected chi connectivity index (χ1v) is 51.5. The van der Waals surface area contributed by atoms with Gasteiger partial charge in [0.25, 0.3) is 0 Å². The molecule has 0 radical (unpaired) electrons. The quantitative estimate of drug-likeness (QED) is 0.116.